The lowest BCUT2D eigenvalue weighted by molar-refractivity contribution is 0.186. The lowest BCUT2D eigenvalue weighted by Crippen LogP contribution is -2.49. The summed E-state index contributed by atoms with van der Waals surface area (Å²) in [5, 5.41) is 3.27. The Bertz CT molecular complexity index is 799. The fourth-order valence-electron chi connectivity index (χ4n) is 4.31. The summed E-state index contributed by atoms with van der Waals surface area (Å²) >= 11 is 0. The molecule has 0 saturated carbocycles. The zero-order chi connectivity index (χ0) is 19.5. The topological polar surface area (TPSA) is 74.2 Å². The normalized spacial score (nSPS) is 20.4. The molecule has 2 aliphatic heterocycles. The van der Waals surface area contributed by atoms with Crippen LogP contribution in [0.25, 0.3) is 0 Å². The van der Waals surface area contributed by atoms with E-state index in [1.807, 2.05) is 36.9 Å². The minimum atomic E-state index is 0.0616. The van der Waals surface area contributed by atoms with Crippen molar-refractivity contribution < 1.29 is 4.79 Å². The first-order valence-electron chi connectivity index (χ1n) is 10.1. The van der Waals surface area contributed by atoms with E-state index >= 15 is 0 Å². The highest BCUT2D eigenvalue weighted by atomic mass is 16.2. The van der Waals surface area contributed by atoms with Gasteiger partial charge in [0.25, 0.3) is 0 Å². The highest BCUT2D eigenvalue weighted by Crippen LogP contribution is 2.31. The average Bonchev–Trinajstić information content (AvgIpc) is 3.18. The van der Waals surface area contributed by atoms with Crippen molar-refractivity contribution >= 4 is 11.8 Å². The fraction of sp³-hybridized carbons (Fsp3) is 0.524. The smallest absolute Gasteiger partial charge is 0.318 e. The Labute approximate surface area is 166 Å². The lowest BCUT2D eigenvalue weighted by atomic mass is 10.0. The minimum Gasteiger partial charge on any atom is -0.356 e. The lowest BCUT2D eigenvalue weighted by Gasteiger charge is -2.35. The van der Waals surface area contributed by atoms with Crippen LogP contribution < -0.4 is 10.2 Å². The summed E-state index contributed by atoms with van der Waals surface area (Å²) in [6, 6.07) is 6.50. The van der Waals surface area contributed by atoms with Crippen molar-refractivity contribution in [2.24, 2.45) is 0 Å². The van der Waals surface area contributed by atoms with E-state index in [2.05, 4.69) is 25.2 Å². The number of hydrogen-bond donors (Lipinski definition) is 1. The predicted molar refractivity (Wildman–Crippen MR) is 108 cm³/mol. The summed E-state index contributed by atoms with van der Waals surface area (Å²) < 4.78 is 0. The van der Waals surface area contributed by atoms with E-state index in [0.29, 0.717) is 0 Å². The molecule has 2 aromatic heterocycles. The van der Waals surface area contributed by atoms with Gasteiger partial charge in [-0.15, -0.1) is 0 Å². The number of piperidine rings is 1. The standard InChI is InChI=1S/C21H28N6O/c1-15-14-20(24-16(2)23-15)26-12-7-18(8-13-26)25-21(28)27-11-3-4-19(27)17-5-9-22-10-6-17/h5-6,9-10,14,18-19H,3-4,7-8,11-13H2,1-2H3,(H,25,28). The van der Waals surface area contributed by atoms with Gasteiger partial charge in [0, 0.05) is 49.8 Å². The molecular weight excluding hydrogens is 352 g/mol. The Balaban J connectivity index is 1.34. The van der Waals surface area contributed by atoms with Gasteiger partial charge in [-0.2, -0.15) is 0 Å². The van der Waals surface area contributed by atoms with E-state index < -0.39 is 0 Å². The molecule has 7 heteroatoms. The van der Waals surface area contributed by atoms with Gasteiger partial charge >= 0.3 is 6.03 Å². The second-order valence-corrected chi connectivity index (χ2v) is 7.76. The van der Waals surface area contributed by atoms with Crippen LogP contribution in [-0.2, 0) is 0 Å². The molecule has 0 radical (unpaired) electrons. The van der Waals surface area contributed by atoms with Gasteiger partial charge in [-0.3, -0.25) is 4.98 Å². The monoisotopic (exact) mass is 380 g/mol. The molecule has 148 valence electrons. The highest BCUT2D eigenvalue weighted by Gasteiger charge is 2.31. The number of rotatable bonds is 3. The average molecular weight is 380 g/mol. The van der Waals surface area contributed by atoms with Crippen LogP contribution in [0.2, 0.25) is 0 Å². The summed E-state index contributed by atoms with van der Waals surface area (Å²) in [5.41, 5.74) is 2.17. The number of hydrogen-bond acceptors (Lipinski definition) is 5. The number of urea groups is 1. The molecule has 28 heavy (non-hydrogen) atoms. The number of carbonyl (C=O) groups excluding carboxylic acids is 1. The van der Waals surface area contributed by atoms with Crippen LogP contribution in [0.5, 0.6) is 0 Å². The molecule has 2 amide bonds. The Morgan fingerprint density at radius 2 is 1.82 bits per heavy atom. The predicted octanol–water partition coefficient (Wildman–Crippen LogP) is 3.00. The van der Waals surface area contributed by atoms with Gasteiger partial charge in [-0.1, -0.05) is 0 Å². The molecule has 1 atom stereocenters. The van der Waals surface area contributed by atoms with Gasteiger partial charge in [0.1, 0.15) is 11.6 Å². The zero-order valence-electron chi connectivity index (χ0n) is 16.6. The maximum absolute atomic E-state index is 12.9. The SMILES string of the molecule is Cc1cc(N2CCC(NC(=O)N3CCCC3c3ccncc3)CC2)nc(C)n1. The maximum Gasteiger partial charge on any atom is 0.318 e. The van der Waals surface area contributed by atoms with Crippen LogP contribution in [0, 0.1) is 13.8 Å². The van der Waals surface area contributed by atoms with Gasteiger partial charge < -0.3 is 15.1 Å². The molecule has 7 nitrogen and oxygen atoms in total. The molecule has 2 saturated heterocycles. The number of carbonyl (C=O) groups is 1. The highest BCUT2D eigenvalue weighted by molar-refractivity contribution is 5.75. The summed E-state index contributed by atoms with van der Waals surface area (Å²) in [6.07, 6.45) is 7.53. The third kappa shape index (κ3) is 4.08. The number of aromatic nitrogens is 3. The first-order valence-corrected chi connectivity index (χ1v) is 10.1. The first-order chi connectivity index (χ1) is 13.6. The summed E-state index contributed by atoms with van der Waals surface area (Å²) in [4.78, 5) is 30.2. The first kappa shape index (κ1) is 18.7. The Morgan fingerprint density at radius 1 is 1.07 bits per heavy atom. The van der Waals surface area contributed by atoms with Crippen LogP contribution in [0.4, 0.5) is 10.6 Å². The van der Waals surface area contributed by atoms with Crippen LogP contribution in [-0.4, -0.2) is 51.6 Å². The molecule has 4 rings (SSSR count). The van der Waals surface area contributed by atoms with Crippen molar-refractivity contribution in [1.82, 2.24) is 25.2 Å². The van der Waals surface area contributed by atoms with Crippen LogP contribution in [0.15, 0.2) is 30.6 Å². The Morgan fingerprint density at radius 3 is 2.54 bits per heavy atom. The molecule has 0 bridgehead atoms. The van der Waals surface area contributed by atoms with Gasteiger partial charge in [-0.05, 0) is 57.2 Å². The van der Waals surface area contributed by atoms with E-state index in [9.17, 15) is 4.79 Å². The Kier molecular flexibility index (Phi) is 5.41. The number of nitrogens with zero attached hydrogens (tertiary/aromatic N) is 5. The number of aryl methyl sites for hydroxylation is 2. The van der Waals surface area contributed by atoms with E-state index in [-0.39, 0.29) is 18.1 Å². The number of anilines is 1. The number of amides is 2. The zero-order valence-corrected chi connectivity index (χ0v) is 16.6. The molecule has 1 unspecified atom stereocenters. The van der Waals surface area contributed by atoms with Crippen molar-refractivity contribution in [2.45, 2.75) is 51.6 Å². The van der Waals surface area contributed by atoms with Crippen LogP contribution >= 0.6 is 0 Å². The van der Waals surface area contributed by atoms with Crippen LogP contribution in [0.3, 0.4) is 0 Å². The summed E-state index contributed by atoms with van der Waals surface area (Å²) in [7, 11) is 0. The number of nitrogens with one attached hydrogen (secondary N) is 1. The third-order valence-corrected chi connectivity index (χ3v) is 5.70. The van der Waals surface area contributed by atoms with Crippen molar-refractivity contribution in [3.05, 3.63) is 47.7 Å². The van der Waals surface area contributed by atoms with E-state index in [0.717, 1.165) is 62.7 Å². The molecular formula is C21H28N6O. The van der Waals surface area contributed by atoms with Crippen molar-refractivity contribution in [2.75, 3.05) is 24.5 Å². The van der Waals surface area contributed by atoms with Crippen molar-refractivity contribution in [1.29, 1.82) is 0 Å². The fourth-order valence-corrected chi connectivity index (χ4v) is 4.31. The van der Waals surface area contributed by atoms with E-state index in [4.69, 9.17) is 0 Å². The second kappa shape index (κ2) is 8.12. The quantitative estimate of drug-likeness (QED) is 0.886. The van der Waals surface area contributed by atoms with Crippen molar-refractivity contribution in [3.8, 4) is 0 Å². The van der Waals surface area contributed by atoms with Gasteiger partial charge in [-0.25, -0.2) is 14.8 Å². The second-order valence-electron chi connectivity index (χ2n) is 7.76. The Hall–Kier alpha value is -2.70. The summed E-state index contributed by atoms with van der Waals surface area (Å²) in [6.45, 7) is 6.54. The molecule has 0 aliphatic carbocycles. The van der Waals surface area contributed by atoms with Gasteiger partial charge in [0.15, 0.2) is 0 Å². The summed E-state index contributed by atoms with van der Waals surface area (Å²) in [5.74, 6) is 1.80. The molecule has 1 N–H and O–H groups in total. The molecule has 0 aromatic carbocycles. The van der Waals surface area contributed by atoms with E-state index in [1.165, 1.54) is 5.56 Å². The van der Waals surface area contributed by atoms with Crippen LogP contribution in [0.1, 0.15) is 48.8 Å². The largest absolute Gasteiger partial charge is 0.356 e. The molecule has 2 fully saturated rings. The molecule has 2 aliphatic rings. The number of pyridine rings is 1. The molecule has 4 heterocycles. The molecule has 2 aromatic rings. The maximum atomic E-state index is 12.9. The number of likely N-dealkylation sites (tertiary alicyclic amines) is 1. The van der Waals surface area contributed by atoms with Crippen molar-refractivity contribution in [3.63, 3.8) is 0 Å². The molecule has 0 spiro atoms. The van der Waals surface area contributed by atoms with Gasteiger partial charge in [0.2, 0.25) is 0 Å². The minimum absolute atomic E-state index is 0.0616. The van der Waals surface area contributed by atoms with E-state index in [1.54, 1.807) is 12.4 Å². The van der Waals surface area contributed by atoms with Gasteiger partial charge in [0.05, 0.1) is 6.04 Å². The third-order valence-electron chi connectivity index (χ3n) is 5.70.